The minimum absolute atomic E-state index is 0.305. The Morgan fingerprint density at radius 2 is 2.04 bits per heavy atom. The summed E-state index contributed by atoms with van der Waals surface area (Å²) in [6, 6.07) is 6.45. The second-order valence-electron chi connectivity index (χ2n) is 6.84. The third-order valence-corrected chi connectivity index (χ3v) is 5.47. The molecule has 0 spiro atoms. The van der Waals surface area contributed by atoms with E-state index in [0.29, 0.717) is 21.7 Å². The molecule has 0 aliphatic rings. The summed E-state index contributed by atoms with van der Waals surface area (Å²) in [6.07, 6.45) is 1.04. The molecule has 3 aromatic heterocycles. The first kappa shape index (κ1) is 19.8. The maximum Gasteiger partial charge on any atom is 0.413 e. The van der Waals surface area contributed by atoms with Gasteiger partial charge in [-0.15, -0.1) is 11.3 Å². The number of nitrogens with zero attached hydrogens (tertiary/aromatic N) is 2. The highest BCUT2D eigenvalue weighted by atomic mass is 35.5. The molecule has 0 saturated heterocycles. The number of hydrogen-bond acceptors (Lipinski definition) is 6. The van der Waals surface area contributed by atoms with E-state index >= 15 is 0 Å². The van der Waals surface area contributed by atoms with Gasteiger partial charge in [-0.3, -0.25) is 5.32 Å². The van der Waals surface area contributed by atoms with Crippen molar-refractivity contribution in [2.75, 3.05) is 5.32 Å². The van der Waals surface area contributed by atoms with Crippen molar-refractivity contribution in [3.8, 4) is 0 Å². The van der Waals surface area contributed by atoms with Crippen LogP contribution in [-0.4, -0.2) is 21.7 Å². The Morgan fingerprint density at radius 1 is 1.30 bits per heavy atom. The van der Waals surface area contributed by atoms with Gasteiger partial charge in [0.25, 0.3) is 0 Å². The van der Waals surface area contributed by atoms with Gasteiger partial charge >= 0.3 is 6.09 Å². The molecule has 0 fully saturated rings. The normalized spacial score (nSPS) is 12.8. The SMILES string of the molecule is CC(C)(C)OC(=O)Nc1ccc(Cl)c(C(N)c2cc3ccnc(Cl)c3s2)n1. The molecule has 0 aromatic carbocycles. The largest absolute Gasteiger partial charge is 0.444 e. The van der Waals surface area contributed by atoms with Crippen LogP contribution >= 0.6 is 34.5 Å². The fourth-order valence-corrected chi connectivity index (χ4v) is 3.94. The molecule has 9 heteroatoms. The van der Waals surface area contributed by atoms with E-state index in [1.807, 2.05) is 12.1 Å². The Morgan fingerprint density at radius 3 is 2.70 bits per heavy atom. The topological polar surface area (TPSA) is 90.1 Å². The highest BCUT2D eigenvalue weighted by Gasteiger charge is 2.20. The van der Waals surface area contributed by atoms with Crippen LogP contribution in [0.5, 0.6) is 0 Å². The molecule has 1 atom stereocenters. The van der Waals surface area contributed by atoms with Crippen molar-refractivity contribution in [1.29, 1.82) is 0 Å². The van der Waals surface area contributed by atoms with Crippen LogP contribution in [0.25, 0.3) is 10.1 Å². The van der Waals surface area contributed by atoms with Crippen LogP contribution in [0.15, 0.2) is 30.5 Å². The van der Waals surface area contributed by atoms with Crippen molar-refractivity contribution < 1.29 is 9.53 Å². The van der Waals surface area contributed by atoms with E-state index in [0.717, 1.165) is 15.0 Å². The number of anilines is 1. The van der Waals surface area contributed by atoms with Crippen molar-refractivity contribution in [1.82, 2.24) is 9.97 Å². The number of halogens is 2. The molecule has 3 rings (SSSR count). The summed E-state index contributed by atoms with van der Waals surface area (Å²) in [7, 11) is 0. The van der Waals surface area contributed by atoms with Gasteiger partial charge in [0, 0.05) is 11.1 Å². The van der Waals surface area contributed by atoms with Crippen LogP contribution in [0.4, 0.5) is 10.6 Å². The highest BCUT2D eigenvalue weighted by molar-refractivity contribution is 7.19. The Kier molecular flexibility index (Phi) is 5.58. The van der Waals surface area contributed by atoms with Crippen molar-refractivity contribution >= 4 is 56.5 Å². The maximum atomic E-state index is 12.0. The van der Waals surface area contributed by atoms with Crippen LogP contribution in [0, 0.1) is 0 Å². The van der Waals surface area contributed by atoms with Crippen LogP contribution in [0.2, 0.25) is 10.2 Å². The fraction of sp³-hybridized carbons (Fsp3) is 0.278. The smallest absolute Gasteiger partial charge is 0.413 e. The van der Waals surface area contributed by atoms with Crippen LogP contribution in [0.3, 0.4) is 0 Å². The average Bonchev–Trinajstić information content (AvgIpc) is 3.00. The van der Waals surface area contributed by atoms with Gasteiger partial charge in [-0.1, -0.05) is 23.2 Å². The maximum absolute atomic E-state index is 12.0. The lowest BCUT2D eigenvalue weighted by Crippen LogP contribution is -2.27. The lowest BCUT2D eigenvalue weighted by atomic mass is 10.1. The Balaban J connectivity index is 1.88. The third-order valence-electron chi connectivity index (χ3n) is 3.51. The molecule has 1 amide bonds. The number of ether oxygens (including phenoxy) is 1. The molecule has 27 heavy (non-hydrogen) atoms. The standard InChI is InChI=1S/C18H18Cl2N4O2S/c1-18(2,3)26-17(25)24-12-5-4-10(19)14(23-12)13(21)11-8-9-6-7-22-16(20)15(9)27-11/h4-8,13H,21H2,1-3H3,(H,23,24,25). The first-order valence-electron chi connectivity index (χ1n) is 8.10. The lowest BCUT2D eigenvalue weighted by Gasteiger charge is -2.20. The molecule has 3 N–H and O–H groups in total. The number of carbonyl (C=O) groups is 1. The van der Waals surface area contributed by atoms with Gasteiger partial charge in [0.05, 0.1) is 21.5 Å². The molecule has 0 saturated carbocycles. The van der Waals surface area contributed by atoms with Crippen LogP contribution in [0.1, 0.15) is 37.4 Å². The summed E-state index contributed by atoms with van der Waals surface area (Å²) in [5, 5.41) is 4.37. The highest BCUT2D eigenvalue weighted by Crippen LogP contribution is 2.36. The van der Waals surface area contributed by atoms with E-state index in [1.54, 1.807) is 39.1 Å². The molecule has 0 aliphatic heterocycles. The van der Waals surface area contributed by atoms with E-state index in [2.05, 4.69) is 15.3 Å². The first-order chi connectivity index (χ1) is 12.6. The minimum atomic E-state index is -0.611. The number of hydrogen-bond donors (Lipinski definition) is 2. The third kappa shape index (κ3) is 4.68. The van der Waals surface area contributed by atoms with Crippen LogP contribution < -0.4 is 11.1 Å². The zero-order chi connectivity index (χ0) is 19.8. The summed E-state index contributed by atoms with van der Waals surface area (Å²) >= 11 is 13.9. The number of nitrogens with one attached hydrogen (secondary N) is 1. The zero-order valence-corrected chi connectivity index (χ0v) is 17.2. The van der Waals surface area contributed by atoms with E-state index in [1.165, 1.54) is 11.3 Å². The molecule has 0 radical (unpaired) electrons. The number of aromatic nitrogens is 2. The Hall–Kier alpha value is -1.93. The van der Waals surface area contributed by atoms with Crippen molar-refractivity contribution in [3.05, 3.63) is 51.2 Å². The van der Waals surface area contributed by atoms with Gasteiger partial charge in [0.1, 0.15) is 16.6 Å². The summed E-state index contributed by atoms with van der Waals surface area (Å²) in [5.41, 5.74) is 6.22. The molecular weight excluding hydrogens is 407 g/mol. The van der Waals surface area contributed by atoms with Gasteiger partial charge in [-0.25, -0.2) is 14.8 Å². The molecular formula is C18H18Cl2N4O2S. The molecule has 1 unspecified atom stereocenters. The molecule has 0 aliphatic carbocycles. The number of thiophene rings is 1. The summed E-state index contributed by atoms with van der Waals surface area (Å²) < 4.78 is 6.09. The number of amides is 1. The van der Waals surface area contributed by atoms with Gasteiger partial charge in [-0.05, 0) is 50.4 Å². The summed E-state index contributed by atoms with van der Waals surface area (Å²) in [6.45, 7) is 5.35. The predicted molar refractivity (Wildman–Crippen MR) is 110 cm³/mol. The van der Waals surface area contributed by atoms with E-state index in [4.69, 9.17) is 33.7 Å². The Bertz CT molecular complexity index is 1000. The number of nitrogens with two attached hydrogens (primary N) is 1. The second-order valence-corrected chi connectivity index (χ2v) is 8.69. The number of rotatable bonds is 3. The number of fused-ring (bicyclic) bond motifs is 1. The van der Waals surface area contributed by atoms with Crippen molar-refractivity contribution in [2.24, 2.45) is 5.73 Å². The zero-order valence-electron chi connectivity index (χ0n) is 14.9. The van der Waals surface area contributed by atoms with E-state index in [9.17, 15) is 4.79 Å². The summed E-state index contributed by atoms with van der Waals surface area (Å²) in [4.78, 5) is 21.3. The van der Waals surface area contributed by atoms with E-state index in [-0.39, 0.29) is 0 Å². The molecule has 3 aromatic rings. The van der Waals surface area contributed by atoms with Crippen LogP contribution in [-0.2, 0) is 4.74 Å². The minimum Gasteiger partial charge on any atom is -0.444 e. The monoisotopic (exact) mass is 424 g/mol. The van der Waals surface area contributed by atoms with Gasteiger partial charge in [0.2, 0.25) is 0 Å². The van der Waals surface area contributed by atoms with Gasteiger partial charge in [0.15, 0.2) is 0 Å². The second kappa shape index (κ2) is 7.59. The predicted octanol–water partition coefficient (Wildman–Crippen LogP) is 5.39. The quantitative estimate of drug-likeness (QED) is 0.549. The number of pyridine rings is 2. The fourth-order valence-electron chi connectivity index (χ4n) is 2.39. The van der Waals surface area contributed by atoms with Gasteiger partial charge in [-0.2, -0.15) is 0 Å². The molecule has 0 bridgehead atoms. The first-order valence-corrected chi connectivity index (χ1v) is 9.67. The van der Waals surface area contributed by atoms with Crippen molar-refractivity contribution in [3.63, 3.8) is 0 Å². The lowest BCUT2D eigenvalue weighted by molar-refractivity contribution is 0.0635. The number of carbonyl (C=O) groups excluding carboxylic acids is 1. The van der Waals surface area contributed by atoms with E-state index < -0.39 is 17.7 Å². The molecule has 142 valence electrons. The van der Waals surface area contributed by atoms with Gasteiger partial charge < -0.3 is 10.5 Å². The average molecular weight is 425 g/mol. The van der Waals surface area contributed by atoms with Crippen molar-refractivity contribution in [2.45, 2.75) is 32.4 Å². The molecule has 6 nitrogen and oxygen atoms in total. The summed E-state index contributed by atoms with van der Waals surface area (Å²) in [5.74, 6) is 0.305. The Labute approximate surface area is 170 Å². The molecule has 3 heterocycles.